The smallest absolute Gasteiger partial charge is 0.325 e. The maximum absolute atomic E-state index is 12.6. The zero-order chi connectivity index (χ0) is 16.6. The molecule has 23 heavy (non-hydrogen) atoms. The lowest BCUT2D eigenvalue weighted by Crippen LogP contribution is -2.46. The number of amides is 4. The molecule has 1 aromatic rings. The topological polar surface area (TPSA) is 82.9 Å². The third kappa shape index (κ3) is 2.71. The summed E-state index contributed by atoms with van der Waals surface area (Å²) < 4.78 is 5.26. The fourth-order valence-corrected chi connectivity index (χ4v) is 3.06. The third-order valence-electron chi connectivity index (χ3n) is 4.72. The van der Waals surface area contributed by atoms with Crippen LogP contribution in [0.2, 0.25) is 0 Å². The van der Waals surface area contributed by atoms with Gasteiger partial charge in [-0.15, -0.1) is 0 Å². The van der Waals surface area contributed by atoms with E-state index < -0.39 is 17.5 Å². The minimum atomic E-state index is -1.25. The Morgan fingerprint density at radius 3 is 2.70 bits per heavy atom. The quantitative estimate of drug-likeness (QED) is 0.851. The van der Waals surface area contributed by atoms with E-state index in [0.717, 1.165) is 17.7 Å². The lowest BCUT2D eigenvalue weighted by atomic mass is 9.99. The summed E-state index contributed by atoms with van der Waals surface area (Å²) in [5, 5.41) is 2.62. The zero-order valence-corrected chi connectivity index (χ0v) is 13.4. The van der Waals surface area contributed by atoms with E-state index in [9.17, 15) is 14.4 Å². The summed E-state index contributed by atoms with van der Waals surface area (Å²) in [6.07, 6.45) is 3.36. The van der Waals surface area contributed by atoms with Crippen molar-refractivity contribution in [3.8, 4) is 0 Å². The highest BCUT2D eigenvalue weighted by Gasteiger charge is 2.51. The lowest BCUT2D eigenvalue weighted by molar-refractivity contribution is -0.139. The van der Waals surface area contributed by atoms with Crippen LogP contribution in [0.1, 0.15) is 32.4 Å². The van der Waals surface area contributed by atoms with Gasteiger partial charge in [-0.25, -0.2) is 4.79 Å². The van der Waals surface area contributed by atoms with Gasteiger partial charge in [0.1, 0.15) is 12.3 Å². The van der Waals surface area contributed by atoms with Crippen LogP contribution in [0.4, 0.5) is 4.79 Å². The molecule has 3 heterocycles. The third-order valence-corrected chi connectivity index (χ3v) is 4.72. The fraction of sp³-hybridized carbons (Fsp3) is 0.562. The van der Waals surface area contributed by atoms with Crippen LogP contribution in [-0.4, -0.2) is 47.3 Å². The predicted octanol–water partition coefficient (Wildman–Crippen LogP) is 1.31. The number of furan rings is 1. The molecule has 2 aliphatic heterocycles. The molecule has 7 heteroatoms. The number of likely N-dealkylation sites (tertiary alicyclic amines) is 1. The molecule has 1 unspecified atom stereocenters. The van der Waals surface area contributed by atoms with E-state index in [1.54, 1.807) is 24.0 Å². The fourth-order valence-electron chi connectivity index (χ4n) is 3.06. The average molecular weight is 319 g/mol. The SMILES string of the molecule is CC1CCN(C(=O)CN2C(=O)NC(C)(c3ccco3)C2=O)CC1. The van der Waals surface area contributed by atoms with E-state index >= 15 is 0 Å². The molecule has 1 N–H and O–H groups in total. The first-order valence-electron chi connectivity index (χ1n) is 7.87. The van der Waals surface area contributed by atoms with Crippen LogP contribution in [-0.2, 0) is 15.1 Å². The van der Waals surface area contributed by atoms with E-state index in [-0.39, 0.29) is 12.5 Å². The molecule has 4 amide bonds. The van der Waals surface area contributed by atoms with Gasteiger partial charge in [-0.2, -0.15) is 0 Å². The van der Waals surface area contributed by atoms with Crippen molar-refractivity contribution in [2.24, 2.45) is 5.92 Å². The summed E-state index contributed by atoms with van der Waals surface area (Å²) in [7, 11) is 0. The van der Waals surface area contributed by atoms with Crippen molar-refractivity contribution in [2.45, 2.75) is 32.2 Å². The number of carbonyl (C=O) groups is 3. The Morgan fingerprint density at radius 1 is 1.39 bits per heavy atom. The minimum absolute atomic E-state index is 0.191. The molecule has 0 bridgehead atoms. The van der Waals surface area contributed by atoms with Crippen LogP contribution in [0.15, 0.2) is 22.8 Å². The normalized spacial score (nSPS) is 25.8. The lowest BCUT2D eigenvalue weighted by Gasteiger charge is -2.31. The van der Waals surface area contributed by atoms with Gasteiger partial charge in [0.2, 0.25) is 5.91 Å². The summed E-state index contributed by atoms with van der Waals surface area (Å²) in [5.41, 5.74) is -1.25. The van der Waals surface area contributed by atoms with Gasteiger partial charge in [-0.1, -0.05) is 6.92 Å². The Kier molecular flexibility index (Phi) is 3.87. The Balaban J connectivity index is 1.70. The number of hydrogen-bond acceptors (Lipinski definition) is 4. The molecule has 1 aromatic heterocycles. The first kappa shape index (κ1) is 15.6. The van der Waals surface area contributed by atoms with Gasteiger partial charge in [0.05, 0.1) is 6.26 Å². The monoisotopic (exact) mass is 319 g/mol. The van der Waals surface area contributed by atoms with Gasteiger partial charge in [0, 0.05) is 13.1 Å². The van der Waals surface area contributed by atoms with E-state index in [2.05, 4.69) is 12.2 Å². The van der Waals surface area contributed by atoms with Crippen LogP contribution >= 0.6 is 0 Å². The Bertz CT molecular complexity index is 619. The van der Waals surface area contributed by atoms with Gasteiger partial charge >= 0.3 is 6.03 Å². The number of urea groups is 1. The van der Waals surface area contributed by atoms with Gasteiger partial charge in [0.15, 0.2) is 5.54 Å². The van der Waals surface area contributed by atoms with E-state index in [4.69, 9.17) is 4.42 Å². The second-order valence-electron chi connectivity index (χ2n) is 6.49. The van der Waals surface area contributed by atoms with Crippen LogP contribution < -0.4 is 5.32 Å². The molecule has 0 radical (unpaired) electrons. The van der Waals surface area contributed by atoms with Gasteiger partial charge in [-0.05, 0) is 37.8 Å². The number of rotatable bonds is 3. The van der Waals surface area contributed by atoms with Gasteiger partial charge in [0.25, 0.3) is 5.91 Å². The number of nitrogens with one attached hydrogen (secondary N) is 1. The number of piperidine rings is 1. The molecule has 2 fully saturated rings. The minimum Gasteiger partial charge on any atom is -0.466 e. The van der Waals surface area contributed by atoms with Crippen molar-refractivity contribution in [2.75, 3.05) is 19.6 Å². The summed E-state index contributed by atoms with van der Waals surface area (Å²) in [6.45, 7) is 4.88. The van der Waals surface area contributed by atoms with Crippen LogP contribution in [0.25, 0.3) is 0 Å². The molecule has 0 aliphatic carbocycles. The largest absolute Gasteiger partial charge is 0.466 e. The van der Waals surface area contributed by atoms with E-state index in [1.165, 1.54) is 6.26 Å². The molecular formula is C16H21N3O4. The maximum Gasteiger partial charge on any atom is 0.325 e. The highest BCUT2D eigenvalue weighted by molar-refractivity contribution is 6.08. The molecule has 2 aliphatic rings. The number of carbonyl (C=O) groups excluding carboxylic acids is 3. The Morgan fingerprint density at radius 2 is 2.09 bits per heavy atom. The van der Waals surface area contributed by atoms with Crippen molar-refractivity contribution in [3.05, 3.63) is 24.2 Å². The highest BCUT2D eigenvalue weighted by atomic mass is 16.3. The van der Waals surface area contributed by atoms with Gasteiger partial charge < -0.3 is 14.6 Å². The zero-order valence-electron chi connectivity index (χ0n) is 13.4. The van der Waals surface area contributed by atoms with E-state index in [0.29, 0.717) is 24.8 Å². The van der Waals surface area contributed by atoms with Crippen molar-refractivity contribution in [1.29, 1.82) is 0 Å². The number of imide groups is 1. The predicted molar refractivity (Wildman–Crippen MR) is 81.3 cm³/mol. The van der Waals surface area contributed by atoms with Crippen molar-refractivity contribution >= 4 is 17.8 Å². The standard InChI is InChI=1S/C16H21N3O4/c1-11-5-7-18(8-6-11)13(20)10-19-14(21)16(2,17-15(19)22)12-4-3-9-23-12/h3-4,9,11H,5-8,10H2,1-2H3,(H,17,22). The molecule has 124 valence electrons. The van der Waals surface area contributed by atoms with Crippen molar-refractivity contribution in [3.63, 3.8) is 0 Å². The van der Waals surface area contributed by atoms with E-state index in [1.807, 2.05) is 0 Å². The highest BCUT2D eigenvalue weighted by Crippen LogP contribution is 2.29. The van der Waals surface area contributed by atoms with Crippen LogP contribution in [0.5, 0.6) is 0 Å². The number of nitrogens with zero attached hydrogens (tertiary/aromatic N) is 2. The second kappa shape index (κ2) is 5.72. The Labute approximate surface area is 134 Å². The van der Waals surface area contributed by atoms with Crippen molar-refractivity contribution < 1.29 is 18.8 Å². The molecule has 3 rings (SSSR count). The number of hydrogen-bond donors (Lipinski definition) is 1. The average Bonchev–Trinajstić information content (AvgIpc) is 3.12. The van der Waals surface area contributed by atoms with Gasteiger partial charge in [-0.3, -0.25) is 14.5 Å². The molecule has 0 saturated carbocycles. The summed E-state index contributed by atoms with van der Waals surface area (Å²) in [6, 6.07) is 2.73. The Hall–Kier alpha value is -2.31. The van der Waals surface area contributed by atoms with Crippen molar-refractivity contribution in [1.82, 2.24) is 15.1 Å². The second-order valence-corrected chi connectivity index (χ2v) is 6.49. The van der Waals surface area contributed by atoms with Crippen LogP contribution in [0.3, 0.4) is 0 Å². The summed E-state index contributed by atoms with van der Waals surface area (Å²) in [5.74, 6) is 0.316. The molecule has 7 nitrogen and oxygen atoms in total. The molecule has 0 aromatic carbocycles. The van der Waals surface area contributed by atoms with Crippen LogP contribution in [0, 0.1) is 5.92 Å². The molecule has 1 atom stereocenters. The first-order chi connectivity index (χ1) is 10.9. The molecule has 2 saturated heterocycles. The summed E-state index contributed by atoms with van der Waals surface area (Å²) in [4.78, 5) is 39.8. The summed E-state index contributed by atoms with van der Waals surface area (Å²) >= 11 is 0. The first-order valence-corrected chi connectivity index (χ1v) is 7.87. The molecular weight excluding hydrogens is 298 g/mol. The molecule has 0 spiro atoms. The maximum atomic E-state index is 12.6.